The van der Waals surface area contributed by atoms with Gasteiger partial charge in [0.15, 0.2) is 0 Å². The van der Waals surface area contributed by atoms with Crippen molar-refractivity contribution >= 4 is 33.9 Å². The summed E-state index contributed by atoms with van der Waals surface area (Å²) in [5.74, 6) is -0.0831. The molecule has 0 saturated carbocycles. The van der Waals surface area contributed by atoms with Crippen molar-refractivity contribution < 1.29 is 23.9 Å². The molecule has 0 bridgehead atoms. The first kappa shape index (κ1) is 18.5. The van der Waals surface area contributed by atoms with E-state index in [1.54, 1.807) is 7.11 Å². The molecule has 0 radical (unpaired) electrons. The summed E-state index contributed by atoms with van der Waals surface area (Å²) in [4.78, 5) is 31.5. The van der Waals surface area contributed by atoms with Crippen LogP contribution in [-0.4, -0.2) is 37.9 Å². The number of amides is 1. The summed E-state index contributed by atoms with van der Waals surface area (Å²) in [6.07, 6.45) is 2.32. The molecule has 0 saturated heterocycles. The van der Waals surface area contributed by atoms with Crippen LogP contribution >= 0.6 is 11.3 Å². The van der Waals surface area contributed by atoms with Gasteiger partial charge in [-0.2, -0.15) is 0 Å². The first-order valence-electron chi connectivity index (χ1n) is 9.02. The molecule has 7 nitrogen and oxygen atoms in total. The van der Waals surface area contributed by atoms with Crippen molar-refractivity contribution in [1.29, 1.82) is 0 Å². The number of thiophene rings is 1. The zero-order valence-corrected chi connectivity index (χ0v) is 16.4. The molecule has 1 unspecified atom stereocenters. The maximum absolute atomic E-state index is 12.7. The molecular weight excluding hydrogens is 380 g/mol. The number of carbonyl (C=O) groups is 2. The molecule has 2 heterocycles. The van der Waals surface area contributed by atoms with E-state index in [1.807, 2.05) is 24.3 Å². The Morgan fingerprint density at radius 1 is 1.25 bits per heavy atom. The molecule has 2 aliphatic rings. The van der Waals surface area contributed by atoms with Crippen LogP contribution in [-0.2, 0) is 27.2 Å². The molecular formula is C20H20N2O5S. The number of anilines is 1. The number of aryl methyl sites for hydroxylation is 1. The largest absolute Gasteiger partial charge is 0.496 e. The Hall–Kier alpha value is -2.87. The van der Waals surface area contributed by atoms with E-state index in [4.69, 9.17) is 14.3 Å². The highest BCUT2D eigenvalue weighted by Gasteiger charge is 2.33. The number of rotatable bonds is 5. The van der Waals surface area contributed by atoms with Crippen LogP contribution in [0.3, 0.4) is 0 Å². The highest BCUT2D eigenvalue weighted by Crippen LogP contribution is 2.39. The molecule has 0 spiro atoms. The molecule has 1 aliphatic carbocycles. The summed E-state index contributed by atoms with van der Waals surface area (Å²) in [5.41, 5.74) is 2.91. The summed E-state index contributed by atoms with van der Waals surface area (Å²) < 4.78 is 10.3. The van der Waals surface area contributed by atoms with E-state index in [9.17, 15) is 9.59 Å². The molecule has 1 atom stereocenters. The Labute approximate surface area is 166 Å². The summed E-state index contributed by atoms with van der Waals surface area (Å²) in [7, 11) is 2.93. The Morgan fingerprint density at radius 2 is 2.07 bits per heavy atom. The number of para-hydroxylation sites is 1. The molecule has 1 aromatic heterocycles. The first-order chi connectivity index (χ1) is 13.6. The fourth-order valence-corrected chi connectivity index (χ4v) is 4.84. The monoisotopic (exact) mass is 400 g/mol. The highest BCUT2D eigenvalue weighted by atomic mass is 32.1. The zero-order chi connectivity index (χ0) is 19.7. The number of ether oxygens (including phenoxy) is 2. The van der Waals surface area contributed by atoms with Crippen LogP contribution in [0.15, 0.2) is 29.4 Å². The maximum Gasteiger partial charge on any atom is 0.341 e. The number of carbonyl (C=O) groups excluding carboxylic acids is 2. The van der Waals surface area contributed by atoms with Crippen molar-refractivity contribution in [3.63, 3.8) is 0 Å². The lowest BCUT2D eigenvalue weighted by Crippen LogP contribution is -2.28. The van der Waals surface area contributed by atoms with Gasteiger partial charge in [0.05, 0.1) is 25.5 Å². The van der Waals surface area contributed by atoms with E-state index in [0.29, 0.717) is 28.4 Å². The smallest absolute Gasteiger partial charge is 0.341 e. The second-order valence-corrected chi connectivity index (χ2v) is 7.68. The minimum Gasteiger partial charge on any atom is -0.496 e. The van der Waals surface area contributed by atoms with Gasteiger partial charge in [0, 0.05) is 16.9 Å². The van der Waals surface area contributed by atoms with Gasteiger partial charge in [-0.3, -0.25) is 4.79 Å². The van der Waals surface area contributed by atoms with Crippen molar-refractivity contribution in [2.45, 2.75) is 31.8 Å². The van der Waals surface area contributed by atoms with Crippen molar-refractivity contribution in [3.05, 3.63) is 45.8 Å². The lowest BCUT2D eigenvalue weighted by molar-refractivity contribution is -0.125. The third-order valence-corrected chi connectivity index (χ3v) is 6.13. The fourth-order valence-electron chi connectivity index (χ4n) is 3.56. The standard InChI is InChI=1S/C20H20N2O5S/c1-25-14-8-4-3-6-11(14)13-10-15(27-22-13)18(23)21-19-17(20(24)26-2)12-7-5-9-16(12)28-19/h3-4,6,8,15H,5,7,9-10H2,1-2H3,(H,21,23). The number of fused-ring (bicyclic) bond motifs is 1. The number of benzene rings is 1. The summed E-state index contributed by atoms with van der Waals surface area (Å²) in [6, 6.07) is 7.46. The normalized spacial score (nSPS) is 17.5. The molecule has 146 valence electrons. The zero-order valence-electron chi connectivity index (χ0n) is 15.6. The quantitative estimate of drug-likeness (QED) is 0.779. The average Bonchev–Trinajstić information content (AvgIpc) is 3.43. The molecule has 1 amide bonds. The molecule has 0 fully saturated rings. The number of methoxy groups -OCH3 is 2. The SMILES string of the molecule is COC(=O)c1c(NC(=O)C2CC(c3ccccc3OC)=NO2)sc2c1CCC2. The number of esters is 1. The number of hydrogen-bond acceptors (Lipinski definition) is 7. The minimum absolute atomic E-state index is 0.324. The average molecular weight is 400 g/mol. The van der Waals surface area contributed by atoms with Crippen molar-refractivity contribution in [2.75, 3.05) is 19.5 Å². The number of oxime groups is 1. The van der Waals surface area contributed by atoms with Crippen LogP contribution in [0.25, 0.3) is 0 Å². The third kappa shape index (κ3) is 3.24. The van der Waals surface area contributed by atoms with E-state index in [1.165, 1.54) is 18.4 Å². The molecule has 2 aromatic rings. The van der Waals surface area contributed by atoms with E-state index >= 15 is 0 Å². The Morgan fingerprint density at radius 3 is 2.86 bits per heavy atom. The number of nitrogens with one attached hydrogen (secondary N) is 1. The van der Waals surface area contributed by atoms with Crippen LogP contribution in [0.4, 0.5) is 5.00 Å². The van der Waals surface area contributed by atoms with Crippen molar-refractivity contribution in [1.82, 2.24) is 0 Å². The molecule has 8 heteroatoms. The predicted molar refractivity (Wildman–Crippen MR) is 105 cm³/mol. The van der Waals surface area contributed by atoms with Gasteiger partial charge >= 0.3 is 5.97 Å². The number of nitrogens with zero attached hydrogens (tertiary/aromatic N) is 1. The van der Waals surface area contributed by atoms with E-state index in [-0.39, 0.29) is 5.91 Å². The van der Waals surface area contributed by atoms with Gasteiger partial charge in [-0.05, 0) is 37.0 Å². The number of hydrogen-bond donors (Lipinski definition) is 1. The summed E-state index contributed by atoms with van der Waals surface area (Å²) >= 11 is 1.44. The second kappa shape index (κ2) is 7.63. The first-order valence-corrected chi connectivity index (χ1v) is 9.83. The van der Waals surface area contributed by atoms with Crippen LogP contribution in [0.1, 0.15) is 39.2 Å². The maximum atomic E-state index is 12.7. The van der Waals surface area contributed by atoms with Crippen molar-refractivity contribution in [2.24, 2.45) is 5.16 Å². The molecule has 4 rings (SSSR count). The van der Waals surface area contributed by atoms with Crippen LogP contribution in [0.5, 0.6) is 5.75 Å². The van der Waals surface area contributed by atoms with E-state index in [0.717, 1.165) is 35.3 Å². The van der Waals surface area contributed by atoms with Gasteiger partial charge in [0.25, 0.3) is 5.91 Å². The van der Waals surface area contributed by atoms with E-state index < -0.39 is 12.1 Å². The Bertz CT molecular complexity index is 966. The lowest BCUT2D eigenvalue weighted by atomic mass is 10.0. The van der Waals surface area contributed by atoms with Gasteiger partial charge in [-0.25, -0.2) is 4.79 Å². The van der Waals surface area contributed by atoms with Gasteiger partial charge in [-0.1, -0.05) is 17.3 Å². The van der Waals surface area contributed by atoms with Crippen LogP contribution < -0.4 is 10.1 Å². The molecule has 1 N–H and O–H groups in total. The molecule has 1 aromatic carbocycles. The highest BCUT2D eigenvalue weighted by molar-refractivity contribution is 7.17. The van der Waals surface area contributed by atoms with Gasteiger partial charge < -0.3 is 19.6 Å². The van der Waals surface area contributed by atoms with Gasteiger partial charge in [0.2, 0.25) is 6.10 Å². The third-order valence-electron chi connectivity index (χ3n) is 4.93. The van der Waals surface area contributed by atoms with Crippen LogP contribution in [0, 0.1) is 0 Å². The molecule has 28 heavy (non-hydrogen) atoms. The summed E-state index contributed by atoms with van der Waals surface area (Å²) in [5, 5.41) is 7.44. The van der Waals surface area contributed by atoms with E-state index in [2.05, 4.69) is 10.5 Å². The second-order valence-electron chi connectivity index (χ2n) is 6.58. The summed E-state index contributed by atoms with van der Waals surface area (Å²) in [6.45, 7) is 0. The fraction of sp³-hybridized carbons (Fsp3) is 0.350. The van der Waals surface area contributed by atoms with Gasteiger partial charge in [-0.15, -0.1) is 11.3 Å². The Balaban J connectivity index is 1.50. The Kier molecular flexibility index (Phi) is 5.04. The predicted octanol–water partition coefficient (Wildman–Crippen LogP) is 3.16. The lowest BCUT2D eigenvalue weighted by Gasteiger charge is -2.10. The van der Waals surface area contributed by atoms with Crippen LogP contribution in [0.2, 0.25) is 0 Å². The topological polar surface area (TPSA) is 86.2 Å². The van der Waals surface area contributed by atoms with Gasteiger partial charge in [0.1, 0.15) is 10.8 Å². The van der Waals surface area contributed by atoms with Crippen molar-refractivity contribution in [3.8, 4) is 5.75 Å². The minimum atomic E-state index is -0.762. The molecule has 1 aliphatic heterocycles.